The molecule has 150 valence electrons. The standard InChI is InChI=1S/C18H21N3O6S/c1-4-27-17-10-8-15(9-11-17)20(28(3,25)26)13(2)18(22)19-14-6-5-7-16(12-14)21(23)24/h5-13H,4H2,1-3H3,(H,19,22). The first-order valence-electron chi connectivity index (χ1n) is 8.41. The molecule has 2 rings (SSSR count). The largest absolute Gasteiger partial charge is 0.494 e. The van der Waals surface area contributed by atoms with Gasteiger partial charge in [0.2, 0.25) is 15.9 Å². The lowest BCUT2D eigenvalue weighted by molar-refractivity contribution is -0.384. The minimum Gasteiger partial charge on any atom is -0.494 e. The number of carbonyl (C=O) groups is 1. The van der Waals surface area contributed by atoms with Gasteiger partial charge >= 0.3 is 0 Å². The zero-order chi connectivity index (χ0) is 20.9. The van der Waals surface area contributed by atoms with E-state index in [-0.39, 0.29) is 11.4 Å². The van der Waals surface area contributed by atoms with E-state index in [0.717, 1.165) is 10.6 Å². The normalized spacial score (nSPS) is 12.1. The molecule has 0 heterocycles. The number of amides is 1. The van der Waals surface area contributed by atoms with Gasteiger partial charge in [-0.05, 0) is 44.2 Å². The van der Waals surface area contributed by atoms with Crippen molar-refractivity contribution in [1.82, 2.24) is 0 Å². The molecule has 0 aromatic heterocycles. The summed E-state index contributed by atoms with van der Waals surface area (Å²) in [5.41, 5.74) is 0.316. The number of nitrogens with zero attached hydrogens (tertiary/aromatic N) is 2. The summed E-state index contributed by atoms with van der Waals surface area (Å²) in [6.07, 6.45) is 1.00. The number of nitrogens with one attached hydrogen (secondary N) is 1. The molecule has 1 atom stereocenters. The van der Waals surface area contributed by atoms with E-state index >= 15 is 0 Å². The Hall–Kier alpha value is -3.14. The van der Waals surface area contributed by atoms with Crippen LogP contribution in [0.1, 0.15) is 13.8 Å². The van der Waals surface area contributed by atoms with Crippen LogP contribution in [0, 0.1) is 10.1 Å². The van der Waals surface area contributed by atoms with Gasteiger partial charge in [-0.15, -0.1) is 0 Å². The lowest BCUT2D eigenvalue weighted by Crippen LogP contribution is -2.45. The summed E-state index contributed by atoms with van der Waals surface area (Å²) in [5.74, 6) is -0.0480. The zero-order valence-electron chi connectivity index (χ0n) is 15.7. The molecule has 0 saturated carbocycles. The quantitative estimate of drug-likeness (QED) is 0.531. The number of carbonyl (C=O) groups excluding carboxylic acids is 1. The Morgan fingerprint density at radius 2 is 1.89 bits per heavy atom. The molecule has 0 spiro atoms. The zero-order valence-corrected chi connectivity index (χ0v) is 16.5. The summed E-state index contributed by atoms with van der Waals surface area (Å²) in [5, 5.41) is 13.4. The molecule has 0 radical (unpaired) electrons. The highest BCUT2D eigenvalue weighted by Gasteiger charge is 2.29. The number of hydrogen-bond acceptors (Lipinski definition) is 6. The third-order valence-corrected chi connectivity index (χ3v) is 5.06. The van der Waals surface area contributed by atoms with E-state index in [0.29, 0.717) is 18.0 Å². The van der Waals surface area contributed by atoms with Gasteiger partial charge in [0.25, 0.3) is 5.69 Å². The lowest BCUT2D eigenvalue weighted by Gasteiger charge is -2.28. The lowest BCUT2D eigenvalue weighted by atomic mass is 10.2. The number of rotatable bonds is 8. The molecule has 1 unspecified atom stereocenters. The molecule has 2 aromatic rings. The van der Waals surface area contributed by atoms with Crippen LogP contribution in [0.3, 0.4) is 0 Å². The van der Waals surface area contributed by atoms with Gasteiger partial charge in [-0.2, -0.15) is 0 Å². The van der Waals surface area contributed by atoms with Crippen molar-refractivity contribution in [1.29, 1.82) is 0 Å². The second kappa shape index (κ2) is 8.70. The van der Waals surface area contributed by atoms with Gasteiger partial charge in [-0.3, -0.25) is 19.2 Å². The van der Waals surface area contributed by atoms with Crippen LogP contribution in [-0.2, 0) is 14.8 Å². The third-order valence-electron chi connectivity index (χ3n) is 3.82. The van der Waals surface area contributed by atoms with Crippen molar-refractivity contribution in [2.45, 2.75) is 19.9 Å². The van der Waals surface area contributed by atoms with E-state index in [1.165, 1.54) is 31.2 Å². The van der Waals surface area contributed by atoms with Gasteiger partial charge in [0, 0.05) is 17.8 Å². The highest BCUT2D eigenvalue weighted by molar-refractivity contribution is 7.92. The van der Waals surface area contributed by atoms with Crippen LogP contribution in [0.5, 0.6) is 5.75 Å². The van der Waals surface area contributed by atoms with Crippen molar-refractivity contribution in [3.63, 3.8) is 0 Å². The molecular weight excluding hydrogens is 386 g/mol. The first-order chi connectivity index (χ1) is 13.1. The summed E-state index contributed by atoms with van der Waals surface area (Å²) in [4.78, 5) is 22.9. The molecule has 0 fully saturated rings. The molecule has 1 amide bonds. The fourth-order valence-corrected chi connectivity index (χ4v) is 3.78. The van der Waals surface area contributed by atoms with Crippen LogP contribution in [0.15, 0.2) is 48.5 Å². The third kappa shape index (κ3) is 5.19. The molecule has 0 aliphatic rings. The Morgan fingerprint density at radius 3 is 2.43 bits per heavy atom. The molecule has 2 aromatic carbocycles. The molecule has 1 N–H and O–H groups in total. The molecule has 0 aliphatic carbocycles. The number of hydrogen-bond donors (Lipinski definition) is 1. The first kappa shape index (κ1) is 21.2. The first-order valence-corrected chi connectivity index (χ1v) is 10.3. The summed E-state index contributed by atoms with van der Waals surface area (Å²) < 4.78 is 30.9. The van der Waals surface area contributed by atoms with Crippen molar-refractivity contribution in [2.75, 3.05) is 22.5 Å². The Balaban J connectivity index is 2.27. The SMILES string of the molecule is CCOc1ccc(N(C(C)C(=O)Nc2cccc([N+](=O)[O-])c2)S(C)(=O)=O)cc1. The van der Waals surface area contributed by atoms with Crippen molar-refractivity contribution in [3.8, 4) is 5.75 Å². The van der Waals surface area contributed by atoms with Gasteiger partial charge in [0.05, 0.1) is 23.5 Å². The van der Waals surface area contributed by atoms with E-state index in [4.69, 9.17) is 4.74 Å². The predicted octanol–water partition coefficient (Wildman–Crippen LogP) is 2.79. The van der Waals surface area contributed by atoms with Crippen LogP contribution < -0.4 is 14.4 Å². The monoisotopic (exact) mass is 407 g/mol. The predicted molar refractivity (Wildman–Crippen MR) is 106 cm³/mol. The smallest absolute Gasteiger partial charge is 0.271 e. The average Bonchev–Trinajstić information content (AvgIpc) is 2.62. The maximum atomic E-state index is 12.6. The number of nitro benzene ring substituents is 1. The Morgan fingerprint density at radius 1 is 1.25 bits per heavy atom. The average molecular weight is 407 g/mol. The fraction of sp³-hybridized carbons (Fsp3) is 0.278. The van der Waals surface area contributed by atoms with Gasteiger partial charge < -0.3 is 10.1 Å². The van der Waals surface area contributed by atoms with Crippen LogP contribution in [0.2, 0.25) is 0 Å². The molecule has 9 nitrogen and oxygen atoms in total. The highest BCUT2D eigenvalue weighted by atomic mass is 32.2. The van der Waals surface area contributed by atoms with Crippen LogP contribution in [0.25, 0.3) is 0 Å². The number of nitro groups is 1. The topological polar surface area (TPSA) is 119 Å². The molecule has 10 heteroatoms. The van der Waals surface area contributed by atoms with Gasteiger partial charge in [0.15, 0.2) is 0 Å². The molecule has 0 bridgehead atoms. The number of ether oxygens (including phenoxy) is 1. The molecule has 28 heavy (non-hydrogen) atoms. The number of non-ortho nitro benzene ring substituents is 1. The van der Waals surface area contributed by atoms with Crippen LogP contribution in [-0.4, -0.2) is 38.2 Å². The Bertz CT molecular complexity index is 960. The molecule has 0 aliphatic heterocycles. The Kier molecular flexibility index (Phi) is 6.57. The van der Waals surface area contributed by atoms with Crippen LogP contribution >= 0.6 is 0 Å². The minimum absolute atomic E-state index is 0.183. The maximum Gasteiger partial charge on any atom is 0.271 e. The van der Waals surface area contributed by atoms with Gasteiger partial charge in [-0.1, -0.05) is 6.07 Å². The van der Waals surface area contributed by atoms with Crippen molar-refractivity contribution < 1.29 is 22.9 Å². The van der Waals surface area contributed by atoms with E-state index in [1.807, 2.05) is 6.92 Å². The number of benzene rings is 2. The minimum atomic E-state index is -3.78. The fourth-order valence-electron chi connectivity index (χ4n) is 2.61. The summed E-state index contributed by atoms with van der Waals surface area (Å²) in [6, 6.07) is 10.6. The summed E-state index contributed by atoms with van der Waals surface area (Å²) in [6.45, 7) is 3.73. The highest BCUT2D eigenvalue weighted by Crippen LogP contribution is 2.25. The van der Waals surface area contributed by atoms with Gasteiger partial charge in [-0.25, -0.2) is 8.42 Å². The molecule has 0 saturated heterocycles. The second-order valence-corrected chi connectivity index (χ2v) is 7.82. The van der Waals surface area contributed by atoms with Crippen molar-refractivity contribution in [2.24, 2.45) is 0 Å². The van der Waals surface area contributed by atoms with E-state index < -0.39 is 26.9 Å². The summed E-state index contributed by atoms with van der Waals surface area (Å²) in [7, 11) is -3.78. The molecular formula is C18H21N3O6S. The number of anilines is 2. The number of sulfonamides is 1. The van der Waals surface area contributed by atoms with E-state index in [2.05, 4.69) is 5.32 Å². The maximum absolute atomic E-state index is 12.6. The van der Waals surface area contributed by atoms with Crippen LogP contribution in [0.4, 0.5) is 17.1 Å². The van der Waals surface area contributed by atoms with Crippen molar-refractivity contribution in [3.05, 3.63) is 58.6 Å². The van der Waals surface area contributed by atoms with E-state index in [1.54, 1.807) is 24.3 Å². The Labute approximate surface area is 163 Å². The van der Waals surface area contributed by atoms with Crippen molar-refractivity contribution >= 4 is 33.0 Å². The van der Waals surface area contributed by atoms with E-state index in [9.17, 15) is 23.3 Å². The van der Waals surface area contributed by atoms with Gasteiger partial charge in [0.1, 0.15) is 11.8 Å². The summed E-state index contributed by atoms with van der Waals surface area (Å²) >= 11 is 0. The second-order valence-electron chi connectivity index (χ2n) is 5.96.